The second-order valence-corrected chi connectivity index (χ2v) is 11.9. The number of unbranched alkanes of at least 4 members (excludes halogenated alkanes) is 1. The quantitative estimate of drug-likeness (QED) is 0.0568. The molecule has 2 aliphatic heterocycles. The summed E-state index contributed by atoms with van der Waals surface area (Å²) in [6.45, 7) is 0.133. The lowest BCUT2D eigenvalue weighted by Gasteiger charge is -2.38. The fraction of sp³-hybridized carbons (Fsp3) is 0.455. The minimum atomic E-state index is -2.13. The van der Waals surface area contributed by atoms with Gasteiger partial charge in [-0.1, -0.05) is 60.7 Å². The second kappa shape index (κ2) is 19.7. The van der Waals surface area contributed by atoms with Gasteiger partial charge in [0.25, 0.3) is 11.8 Å². The number of benzene rings is 2. The Balaban J connectivity index is 0.00000433. The van der Waals surface area contributed by atoms with Crippen LogP contribution in [0.3, 0.4) is 0 Å². The number of carbonyl (C=O) groups is 5. The molecule has 2 aliphatic rings. The number of imide groups is 1. The Labute approximate surface area is 303 Å². The van der Waals surface area contributed by atoms with E-state index in [-0.39, 0.29) is 76.2 Å². The molecule has 0 spiro atoms. The van der Waals surface area contributed by atoms with Gasteiger partial charge in [-0.2, -0.15) is 0 Å². The zero-order valence-corrected chi connectivity index (χ0v) is 29.2. The Hall–Kier alpha value is -4.44. The van der Waals surface area contributed by atoms with Crippen LogP contribution >= 0.6 is 24.8 Å². The number of hydrogen-bond donors (Lipinski definition) is 6. The van der Waals surface area contributed by atoms with E-state index in [0.29, 0.717) is 36.9 Å². The average molecular weight is 738 g/mol. The smallest absolute Gasteiger partial charge is 0.417 e. The Morgan fingerprint density at radius 3 is 2.10 bits per heavy atom. The zero-order chi connectivity index (χ0) is 34.7. The van der Waals surface area contributed by atoms with Crippen molar-refractivity contribution in [3.8, 4) is 0 Å². The van der Waals surface area contributed by atoms with Crippen LogP contribution in [-0.4, -0.2) is 82.4 Å². The maximum absolute atomic E-state index is 14.3. The number of rotatable bonds is 13. The van der Waals surface area contributed by atoms with Crippen LogP contribution in [0, 0.1) is 5.41 Å². The summed E-state index contributed by atoms with van der Waals surface area (Å²) in [6.07, 6.45) is -0.158. The molecule has 0 aliphatic carbocycles. The van der Waals surface area contributed by atoms with Gasteiger partial charge in [-0.15, -0.1) is 24.8 Å². The summed E-state index contributed by atoms with van der Waals surface area (Å²) in [5.41, 5.74) is 16.9. The third-order valence-corrected chi connectivity index (χ3v) is 8.41. The van der Waals surface area contributed by atoms with E-state index < -0.39 is 53.6 Å². The highest BCUT2D eigenvalue weighted by atomic mass is 35.5. The fourth-order valence-corrected chi connectivity index (χ4v) is 5.88. The number of likely N-dealkylation sites (tertiary alicyclic amines) is 1. The van der Waals surface area contributed by atoms with Crippen molar-refractivity contribution in [1.82, 2.24) is 20.4 Å². The van der Waals surface area contributed by atoms with Gasteiger partial charge < -0.3 is 42.2 Å². The molecule has 4 atom stereocenters. The van der Waals surface area contributed by atoms with Crippen molar-refractivity contribution in [3.05, 3.63) is 71.8 Å². The molecule has 2 aromatic rings. The molecule has 0 bridgehead atoms. The minimum Gasteiger partial charge on any atom is -0.459 e. The number of halogens is 2. The van der Waals surface area contributed by atoms with Gasteiger partial charge in [-0.3, -0.25) is 19.8 Å². The van der Waals surface area contributed by atoms with Crippen LogP contribution in [-0.2, 0) is 41.9 Å². The number of nitrogens with zero attached hydrogens (tertiary/aromatic N) is 2. The number of guanidine groups is 1. The molecule has 0 saturated carbocycles. The molecular formula is C33H46Cl2N8O7. The normalized spacial score (nSPS) is 19.4. The van der Waals surface area contributed by atoms with Crippen molar-refractivity contribution in [2.45, 2.75) is 81.9 Å². The average Bonchev–Trinajstić information content (AvgIpc) is 3.57. The molecule has 17 heteroatoms. The summed E-state index contributed by atoms with van der Waals surface area (Å²) >= 11 is 0. The second-order valence-electron chi connectivity index (χ2n) is 11.9. The largest absolute Gasteiger partial charge is 0.459 e. The van der Waals surface area contributed by atoms with Gasteiger partial charge in [0.1, 0.15) is 31.5 Å². The molecule has 2 aromatic carbocycles. The van der Waals surface area contributed by atoms with Crippen molar-refractivity contribution in [1.29, 1.82) is 5.41 Å². The monoisotopic (exact) mass is 736 g/mol. The molecule has 274 valence electrons. The molecule has 0 radical (unpaired) electrons. The van der Waals surface area contributed by atoms with Gasteiger partial charge in [0.2, 0.25) is 5.91 Å². The van der Waals surface area contributed by atoms with Crippen molar-refractivity contribution in [2.24, 2.45) is 17.2 Å². The van der Waals surface area contributed by atoms with Crippen molar-refractivity contribution >= 4 is 60.6 Å². The van der Waals surface area contributed by atoms with Crippen LogP contribution in [0.4, 0.5) is 4.79 Å². The Bertz CT molecular complexity index is 1470. The van der Waals surface area contributed by atoms with Crippen molar-refractivity contribution < 1.29 is 33.4 Å². The van der Waals surface area contributed by atoms with E-state index in [1.54, 1.807) is 54.6 Å². The topological polar surface area (TPSA) is 236 Å². The molecular weight excluding hydrogens is 691 g/mol. The summed E-state index contributed by atoms with van der Waals surface area (Å²) in [6, 6.07) is 15.3. The van der Waals surface area contributed by atoms with Gasteiger partial charge in [0.15, 0.2) is 11.5 Å². The van der Waals surface area contributed by atoms with Gasteiger partial charge in [0, 0.05) is 6.54 Å². The molecule has 1 unspecified atom stereocenters. The maximum Gasteiger partial charge on any atom is 0.417 e. The van der Waals surface area contributed by atoms with E-state index in [0.717, 1.165) is 4.90 Å². The van der Waals surface area contributed by atoms with E-state index in [1.807, 2.05) is 6.07 Å². The highest BCUT2D eigenvalue weighted by Crippen LogP contribution is 2.28. The molecule has 4 amide bonds. The third kappa shape index (κ3) is 10.5. The van der Waals surface area contributed by atoms with Crippen molar-refractivity contribution in [2.75, 3.05) is 13.1 Å². The van der Waals surface area contributed by atoms with Crippen LogP contribution < -0.4 is 27.8 Å². The molecule has 2 saturated heterocycles. The van der Waals surface area contributed by atoms with Crippen LogP contribution in [0.1, 0.15) is 56.1 Å². The predicted molar refractivity (Wildman–Crippen MR) is 189 cm³/mol. The first-order valence-electron chi connectivity index (χ1n) is 16.0. The van der Waals surface area contributed by atoms with Crippen molar-refractivity contribution in [3.63, 3.8) is 0 Å². The Morgan fingerprint density at radius 1 is 0.940 bits per heavy atom. The number of nitrogens with two attached hydrogens (primary N) is 3. The number of ether oxygens (including phenoxy) is 2. The number of esters is 1. The van der Waals surface area contributed by atoms with Gasteiger partial charge in [-0.05, 0) is 62.6 Å². The first kappa shape index (κ1) is 41.7. The third-order valence-electron chi connectivity index (χ3n) is 8.41. The van der Waals surface area contributed by atoms with Gasteiger partial charge >= 0.3 is 12.1 Å². The lowest BCUT2D eigenvalue weighted by atomic mass is 9.91. The molecule has 4 rings (SSSR count). The number of hydrogen-bond acceptors (Lipinski definition) is 10. The summed E-state index contributed by atoms with van der Waals surface area (Å²) in [7, 11) is 0. The van der Waals surface area contributed by atoms with E-state index >= 15 is 0 Å². The lowest BCUT2D eigenvalue weighted by molar-refractivity contribution is -0.162. The molecule has 9 N–H and O–H groups in total. The van der Waals surface area contributed by atoms with Crippen LogP contribution in [0.15, 0.2) is 60.7 Å². The van der Waals surface area contributed by atoms with Crippen LogP contribution in [0.5, 0.6) is 0 Å². The SMILES string of the molecule is Cl.Cl.N=C(N)NC1CC[C@H](N(C(=O)OCc2ccccc2)C(=O)[C@@H]2CCCN2C(=O)[C@](N)(CCCCN)C(=O)OCc2ccccc2)C(=O)N1. The molecule has 50 heavy (non-hydrogen) atoms. The summed E-state index contributed by atoms with van der Waals surface area (Å²) in [4.78, 5) is 70.8. The first-order valence-corrected chi connectivity index (χ1v) is 16.0. The Kier molecular flexibility index (Phi) is 16.4. The predicted octanol–water partition coefficient (Wildman–Crippen LogP) is 1.64. The minimum absolute atomic E-state index is 0. The summed E-state index contributed by atoms with van der Waals surface area (Å²) in [5.74, 6) is -3.61. The molecule has 2 heterocycles. The number of piperidine rings is 1. The van der Waals surface area contributed by atoms with Crippen LogP contribution in [0.25, 0.3) is 0 Å². The summed E-state index contributed by atoms with van der Waals surface area (Å²) < 4.78 is 11.0. The molecule has 0 aromatic heterocycles. The van der Waals surface area contributed by atoms with Crippen LogP contribution in [0.2, 0.25) is 0 Å². The van der Waals surface area contributed by atoms with E-state index in [4.69, 9.17) is 32.1 Å². The lowest BCUT2D eigenvalue weighted by Crippen LogP contribution is -2.65. The van der Waals surface area contributed by atoms with E-state index in [1.165, 1.54) is 4.90 Å². The van der Waals surface area contributed by atoms with Gasteiger partial charge in [0.05, 0.1) is 0 Å². The standard InChI is InChI=1S/C33H44N8O7.2ClH/c34-18-8-7-17-33(37,30(45)47-20-22-10-3-1-4-11-22)29(44)40-19-9-14-25(40)28(43)41(32(46)48-21-23-12-5-2-6-13-23)24-15-16-26(38-27(24)42)39-31(35)36;;/h1-6,10-13,24-26H,7-9,14-21,34,37H2,(H,38,42)(H4,35,36,39);2*1H/t24-,25-,26?,33+;;/m0../s1. The fourth-order valence-electron chi connectivity index (χ4n) is 5.88. The summed E-state index contributed by atoms with van der Waals surface area (Å²) in [5, 5.41) is 12.7. The van der Waals surface area contributed by atoms with E-state index in [2.05, 4.69) is 10.6 Å². The molecule has 2 fully saturated rings. The number of amides is 4. The molecule has 15 nitrogen and oxygen atoms in total. The van der Waals surface area contributed by atoms with Gasteiger partial charge in [-0.25, -0.2) is 14.5 Å². The zero-order valence-electron chi connectivity index (χ0n) is 27.6. The first-order chi connectivity index (χ1) is 23.0. The highest BCUT2D eigenvalue weighted by Gasteiger charge is 2.51. The number of carbonyl (C=O) groups excluding carboxylic acids is 5. The Morgan fingerprint density at radius 2 is 1.54 bits per heavy atom. The maximum atomic E-state index is 14.3. The highest BCUT2D eigenvalue weighted by molar-refractivity contribution is 6.09. The number of nitrogens with one attached hydrogen (secondary N) is 3. The van der Waals surface area contributed by atoms with E-state index in [9.17, 15) is 24.0 Å².